The highest BCUT2D eigenvalue weighted by molar-refractivity contribution is 7.12. The minimum absolute atomic E-state index is 0.00923. The minimum atomic E-state index is -0.0277. The van der Waals surface area contributed by atoms with Crippen LogP contribution < -0.4 is 10.6 Å². The molecule has 0 bridgehead atoms. The lowest BCUT2D eigenvalue weighted by Crippen LogP contribution is -2.41. The van der Waals surface area contributed by atoms with Crippen molar-refractivity contribution < 1.29 is 9.59 Å². The number of amides is 3. The molecule has 2 heterocycles. The first-order valence-electron chi connectivity index (χ1n) is 9.06. The van der Waals surface area contributed by atoms with Crippen LogP contribution in [0.4, 0.5) is 10.5 Å². The highest BCUT2D eigenvalue weighted by Crippen LogP contribution is 2.21. The molecule has 3 rings (SSSR count). The first kappa shape index (κ1) is 18.5. The highest BCUT2D eigenvalue weighted by Gasteiger charge is 2.22. The van der Waals surface area contributed by atoms with Gasteiger partial charge in [-0.1, -0.05) is 18.2 Å². The molecule has 3 amide bonds. The predicted octanol–water partition coefficient (Wildman–Crippen LogP) is 4.12. The maximum absolute atomic E-state index is 12.4. The van der Waals surface area contributed by atoms with Crippen molar-refractivity contribution in [3.8, 4) is 0 Å². The zero-order valence-corrected chi connectivity index (χ0v) is 15.8. The van der Waals surface area contributed by atoms with Crippen LogP contribution in [-0.4, -0.2) is 36.5 Å². The Morgan fingerprint density at radius 1 is 1.19 bits per heavy atom. The van der Waals surface area contributed by atoms with Crippen LogP contribution in [0.1, 0.15) is 34.5 Å². The average molecular weight is 372 g/mol. The lowest BCUT2D eigenvalue weighted by molar-refractivity contribution is 0.0953. The van der Waals surface area contributed by atoms with Crippen LogP contribution in [0.15, 0.2) is 41.8 Å². The van der Waals surface area contributed by atoms with Crippen LogP contribution in [0.2, 0.25) is 0 Å². The third kappa shape index (κ3) is 5.08. The number of piperidine rings is 1. The van der Waals surface area contributed by atoms with E-state index in [0.29, 0.717) is 12.5 Å². The minimum Gasteiger partial charge on any atom is -0.351 e. The predicted molar refractivity (Wildman–Crippen MR) is 106 cm³/mol. The second-order valence-corrected chi connectivity index (χ2v) is 7.70. The molecule has 0 saturated carbocycles. The summed E-state index contributed by atoms with van der Waals surface area (Å²) in [5, 5.41) is 7.86. The average Bonchev–Trinajstić information content (AvgIpc) is 3.17. The number of aryl methyl sites for hydroxylation is 1. The molecule has 2 aromatic rings. The summed E-state index contributed by atoms with van der Waals surface area (Å²) in [7, 11) is 0. The number of nitrogens with one attached hydrogen (secondary N) is 2. The quantitative estimate of drug-likeness (QED) is 0.830. The molecule has 1 saturated heterocycles. The van der Waals surface area contributed by atoms with Gasteiger partial charge in [-0.25, -0.2) is 4.79 Å². The molecule has 1 aromatic heterocycles. The van der Waals surface area contributed by atoms with Gasteiger partial charge in [0.25, 0.3) is 5.91 Å². The van der Waals surface area contributed by atoms with Gasteiger partial charge in [-0.3, -0.25) is 4.79 Å². The Kier molecular flexibility index (Phi) is 6.28. The summed E-state index contributed by atoms with van der Waals surface area (Å²) < 4.78 is 0. The number of hydrogen-bond acceptors (Lipinski definition) is 3. The number of thiophene rings is 1. The van der Waals surface area contributed by atoms with E-state index in [0.717, 1.165) is 48.5 Å². The normalized spacial score (nSPS) is 14.9. The van der Waals surface area contributed by atoms with Crippen molar-refractivity contribution in [3.05, 3.63) is 52.2 Å². The molecule has 1 fully saturated rings. The molecular formula is C20H25N3O2S. The van der Waals surface area contributed by atoms with Gasteiger partial charge >= 0.3 is 6.03 Å². The molecular weight excluding hydrogens is 346 g/mol. The van der Waals surface area contributed by atoms with Crippen LogP contribution >= 0.6 is 11.3 Å². The third-order valence-electron chi connectivity index (χ3n) is 4.75. The molecule has 138 valence electrons. The van der Waals surface area contributed by atoms with Crippen LogP contribution in [0.25, 0.3) is 0 Å². The van der Waals surface area contributed by atoms with Crippen molar-refractivity contribution in [2.45, 2.75) is 26.2 Å². The summed E-state index contributed by atoms with van der Waals surface area (Å²) in [6, 6.07) is 11.5. The van der Waals surface area contributed by atoms with E-state index in [2.05, 4.69) is 10.6 Å². The second-order valence-electron chi connectivity index (χ2n) is 6.75. The van der Waals surface area contributed by atoms with Crippen molar-refractivity contribution >= 4 is 29.0 Å². The van der Waals surface area contributed by atoms with Crippen LogP contribution in [0.3, 0.4) is 0 Å². The Bertz CT molecular complexity index is 737. The number of carbonyl (C=O) groups excluding carboxylic acids is 2. The second kappa shape index (κ2) is 8.85. The fraction of sp³-hybridized carbons (Fsp3) is 0.400. The summed E-state index contributed by atoms with van der Waals surface area (Å²) >= 11 is 1.46. The fourth-order valence-corrected chi connectivity index (χ4v) is 3.87. The SMILES string of the molecule is Cc1cccc(NC(=O)N2CCC(CCNC(=O)c3cccs3)CC2)c1. The van der Waals surface area contributed by atoms with Gasteiger partial charge in [0, 0.05) is 25.3 Å². The van der Waals surface area contributed by atoms with E-state index in [4.69, 9.17) is 0 Å². The van der Waals surface area contributed by atoms with E-state index in [-0.39, 0.29) is 11.9 Å². The van der Waals surface area contributed by atoms with Crippen molar-refractivity contribution in [3.63, 3.8) is 0 Å². The molecule has 6 heteroatoms. The summed E-state index contributed by atoms with van der Waals surface area (Å²) in [6.07, 6.45) is 2.93. The Hall–Kier alpha value is -2.34. The number of urea groups is 1. The molecule has 2 N–H and O–H groups in total. The van der Waals surface area contributed by atoms with Crippen LogP contribution in [-0.2, 0) is 0 Å². The Morgan fingerprint density at radius 2 is 2.00 bits per heavy atom. The highest BCUT2D eigenvalue weighted by atomic mass is 32.1. The molecule has 0 atom stereocenters. The molecule has 0 radical (unpaired) electrons. The standard InChI is InChI=1S/C20H25N3O2S/c1-15-4-2-5-17(14-15)22-20(25)23-11-8-16(9-12-23)7-10-21-19(24)18-6-3-13-26-18/h2-6,13-14,16H,7-12H2,1H3,(H,21,24)(H,22,25). The number of rotatable bonds is 5. The summed E-state index contributed by atoms with van der Waals surface area (Å²) in [6.45, 7) is 4.23. The van der Waals surface area contributed by atoms with Crippen LogP contribution in [0.5, 0.6) is 0 Å². The molecule has 0 spiro atoms. The summed E-state index contributed by atoms with van der Waals surface area (Å²) in [4.78, 5) is 26.9. The van der Waals surface area contributed by atoms with Gasteiger partial charge in [-0.05, 0) is 61.2 Å². The lowest BCUT2D eigenvalue weighted by atomic mass is 9.94. The van der Waals surface area contributed by atoms with E-state index in [1.807, 2.05) is 53.6 Å². The maximum Gasteiger partial charge on any atom is 0.321 e. The monoisotopic (exact) mass is 371 g/mol. The molecule has 1 aromatic carbocycles. The molecule has 0 aliphatic carbocycles. The first-order valence-corrected chi connectivity index (χ1v) is 9.94. The molecule has 1 aliphatic heterocycles. The topological polar surface area (TPSA) is 61.4 Å². The molecule has 0 unspecified atom stereocenters. The first-order chi connectivity index (χ1) is 12.6. The number of benzene rings is 1. The van der Waals surface area contributed by atoms with E-state index < -0.39 is 0 Å². The zero-order valence-electron chi connectivity index (χ0n) is 15.0. The number of likely N-dealkylation sites (tertiary alicyclic amines) is 1. The van der Waals surface area contributed by atoms with Gasteiger partial charge in [0.2, 0.25) is 0 Å². The molecule has 26 heavy (non-hydrogen) atoms. The largest absolute Gasteiger partial charge is 0.351 e. The maximum atomic E-state index is 12.4. The van der Waals surface area contributed by atoms with E-state index in [1.54, 1.807) is 0 Å². The van der Waals surface area contributed by atoms with E-state index in [9.17, 15) is 9.59 Å². The van der Waals surface area contributed by atoms with Crippen molar-refractivity contribution in [1.82, 2.24) is 10.2 Å². The van der Waals surface area contributed by atoms with Gasteiger partial charge in [0.1, 0.15) is 0 Å². The summed E-state index contributed by atoms with van der Waals surface area (Å²) in [5.74, 6) is 0.566. The fourth-order valence-electron chi connectivity index (χ4n) is 3.23. The molecule has 5 nitrogen and oxygen atoms in total. The van der Waals surface area contributed by atoms with Crippen LogP contribution in [0, 0.1) is 12.8 Å². The van der Waals surface area contributed by atoms with Gasteiger partial charge in [-0.2, -0.15) is 0 Å². The smallest absolute Gasteiger partial charge is 0.321 e. The van der Waals surface area contributed by atoms with Gasteiger partial charge in [0.15, 0.2) is 0 Å². The van der Waals surface area contributed by atoms with Gasteiger partial charge < -0.3 is 15.5 Å². The number of hydrogen-bond donors (Lipinski definition) is 2. The van der Waals surface area contributed by atoms with E-state index >= 15 is 0 Å². The third-order valence-corrected chi connectivity index (χ3v) is 5.62. The Labute approximate surface area is 158 Å². The lowest BCUT2D eigenvalue weighted by Gasteiger charge is -2.32. The van der Waals surface area contributed by atoms with Gasteiger partial charge in [-0.15, -0.1) is 11.3 Å². The van der Waals surface area contributed by atoms with Crippen molar-refractivity contribution in [2.24, 2.45) is 5.92 Å². The van der Waals surface area contributed by atoms with E-state index in [1.165, 1.54) is 11.3 Å². The number of anilines is 1. The molecule has 1 aliphatic rings. The number of carbonyl (C=O) groups is 2. The summed E-state index contributed by atoms with van der Waals surface area (Å²) in [5.41, 5.74) is 1.97. The Morgan fingerprint density at radius 3 is 2.69 bits per heavy atom. The van der Waals surface area contributed by atoms with Crippen molar-refractivity contribution in [2.75, 3.05) is 25.0 Å². The van der Waals surface area contributed by atoms with Crippen molar-refractivity contribution in [1.29, 1.82) is 0 Å². The number of nitrogens with zero attached hydrogens (tertiary/aromatic N) is 1. The zero-order chi connectivity index (χ0) is 18.4. The Balaban J connectivity index is 1.37. The van der Waals surface area contributed by atoms with Gasteiger partial charge in [0.05, 0.1) is 4.88 Å².